The van der Waals surface area contributed by atoms with Crippen LogP contribution in [0.5, 0.6) is 11.5 Å². The van der Waals surface area contributed by atoms with Gasteiger partial charge in [-0.1, -0.05) is 65.7 Å². The van der Waals surface area contributed by atoms with Crippen molar-refractivity contribution in [3.63, 3.8) is 0 Å². The monoisotopic (exact) mass is 423 g/mol. The largest absolute Gasteiger partial charge is 0.488 e. The highest BCUT2D eigenvalue weighted by Crippen LogP contribution is 2.35. The predicted molar refractivity (Wildman–Crippen MR) is 114 cm³/mol. The molecule has 2 N–H and O–H groups in total. The molecule has 0 fully saturated rings. The van der Waals surface area contributed by atoms with E-state index < -0.39 is 0 Å². The van der Waals surface area contributed by atoms with E-state index in [1.54, 1.807) is 6.07 Å². The summed E-state index contributed by atoms with van der Waals surface area (Å²) in [4.78, 5) is 0. The zero-order valence-corrected chi connectivity index (χ0v) is 16.9. The van der Waals surface area contributed by atoms with Crippen molar-refractivity contribution in [2.45, 2.75) is 6.61 Å². The lowest BCUT2D eigenvalue weighted by atomic mass is 10.1. The Morgan fingerprint density at radius 2 is 1.44 bits per heavy atom. The minimum absolute atomic E-state index is 0. The molecule has 3 nitrogen and oxygen atoms in total. The normalized spacial score (nSPS) is 10.2. The Balaban J connectivity index is 0.00000261. The van der Waals surface area contributed by atoms with Gasteiger partial charge in [0.15, 0.2) is 11.5 Å². The van der Waals surface area contributed by atoms with Gasteiger partial charge in [-0.25, -0.2) is 0 Å². The number of benzene rings is 3. The highest BCUT2D eigenvalue weighted by molar-refractivity contribution is 6.42. The van der Waals surface area contributed by atoms with E-state index in [2.05, 4.69) is 0 Å². The zero-order chi connectivity index (χ0) is 18.4. The van der Waals surface area contributed by atoms with Crippen LogP contribution in [0, 0.1) is 0 Å². The fraction of sp³-hybridized carbons (Fsp3) is 0.143. The number of hydrogen-bond donors (Lipinski definition) is 1. The van der Waals surface area contributed by atoms with E-state index in [0.29, 0.717) is 41.3 Å². The van der Waals surface area contributed by atoms with E-state index in [4.69, 9.17) is 38.4 Å². The van der Waals surface area contributed by atoms with Crippen LogP contribution in [-0.4, -0.2) is 13.2 Å². The lowest BCUT2D eigenvalue weighted by molar-refractivity contribution is 0.266. The first-order valence-electron chi connectivity index (χ1n) is 8.26. The van der Waals surface area contributed by atoms with Crippen LogP contribution in [0.2, 0.25) is 10.0 Å². The van der Waals surface area contributed by atoms with Crippen LogP contribution in [0.25, 0.3) is 11.1 Å². The lowest BCUT2D eigenvalue weighted by Crippen LogP contribution is -2.11. The van der Waals surface area contributed by atoms with Crippen molar-refractivity contribution in [2.24, 2.45) is 5.73 Å². The number of rotatable bonds is 7. The van der Waals surface area contributed by atoms with E-state index in [-0.39, 0.29) is 12.4 Å². The second-order valence-corrected chi connectivity index (χ2v) is 6.52. The summed E-state index contributed by atoms with van der Waals surface area (Å²) in [5, 5.41) is 1.04. The van der Waals surface area contributed by atoms with Gasteiger partial charge in [-0.05, 0) is 41.0 Å². The van der Waals surface area contributed by atoms with Gasteiger partial charge in [0, 0.05) is 6.54 Å². The zero-order valence-electron chi connectivity index (χ0n) is 14.5. The van der Waals surface area contributed by atoms with Crippen molar-refractivity contribution in [1.29, 1.82) is 0 Å². The van der Waals surface area contributed by atoms with E-state index in [1.807, 2.05) is 60.7 Å². The van der Waals surface area contributed by atoms with Crippen molar-refractivity contribution in [3.05, 3.63) is 82.3 Å². The Morgan fingerprint density at radius 1 is 0.741 bits per heavy atom. The van der Waals surface area contributed by atoms with E-state index in [9.17, 15) is 0 Å². The molecule has 0 radical (unpaired) electrons. The Bertz CT molecular complexity index is 873. The minimum atomic E-state index is 0. The molecule has 3 rings (SSSR count). The van der Waals surface area contributed by atoms with Crippen LogP contribution in [0.1, 0.15) is 5.56 Å². The van der Waals surface area contributed by atoms with Gasteiger partial charge in [-0.3, -0.25) is 0 Å². The Morgan fingerprint density at radius 3 is 2.15 bits per heavy atom. The Hall–Kier alpha value is -1.91. The van der Waals surface area contributed by atoms with Gasteiger partial charge in [0.25, 0.3) is 0 Å². The maximum Gasteiger partial charge on any atom is 0.162 e. The third-order valence-corrected chi connectivity index (χ3v) is 4.55. The summed E-state index contributed by atoms with van der Waals surface area (Å²) >= 11 is 12.2. The van der Waals surface area contributed by atoms with Crippen LogP contribution < -0.4 is 15.2 Å². The van der Waals surface area contributed by atoms with Gasteiger partial charge in [0.2, 0.25) is 0 Å². The Kier molecular flexibility index (Phi) is 8.26. The van der Waals surface area contributed by atoms with Crippen molar-refractivity contribution in [1.82, 2.24) is 0 Å². The summed E-state index contributed by atoms with van der Waals surface area (Å²) in [6, 6.07) is 21.3. The van der Waals surface area contributed by atoms with Crippen LogP contribution in [0.3, 0.4) is 0 Å². The molecule has 0 aliphatic rings. The molecular weight excluding hydrogens is 405 g/mol. The van der Waals surface area contributed by atoms with Crippen molar-refractivity contribution in [2.75, 3.05) is 13.2 Å². The van der Waals surface area contributed by atoms with E-state index in [1.165, 1.54) is 0 Å². The Labute approximate surface area is 175 Å². The topological polar surface area (TPSA) is 44.5 Å². The molecule has 0 aliphatic heterocycles. The van der Waals surface area contributed by atoms with Gasteiger partial charge in [-0.15, -0.1) is 12.4 Å². The van der Waals surface area contributed by atoms with E-state index in [0.717, 1.165) is 16.7 Å². The molecule has 142 valence electrons. The van der Waals surface area contributed by atoms with Crippen LogP contribution >= 0.6 is 35.6 Å². The smallest absolute Gasteiger partial charge is 0.162 e. The lowest BCUT2D eigenvalue weighted by Gasteiger charge is -2.14. The quantitative estimate of drug-likeness (QED) is 0.506. The van der Waals surface area contributed by atoms with Crippen LogP contribution in [-0.2, 0) is 6.61 Å². The molecule has 6 heteroatoms. The predicted octanol–water partition coefficient (Wildman–Crippen LogP) is 6.00. The number of nitrogens with two attached hydrogens (primary N) is 1. The molecule has 0 amide bonds. The molecular formula is C21H20Cl3NO2. The summed E-state index contributed by atoms with van der Waals surface area (Å²) in [5.74, 6) is 1.32. The average Bonchev–Trinajstić information content (AvgIpc) is 2.68. The third kappa shape index (κ3) is 5.78. The molecule has 0 aromatic heterocycles. The number of hydrogen-bond acceptors (Lipinski definition) is 3. The molecule has 0 saturated carbocycles. The van der Waals surface area contributed by atoms with Crippen molar-refractivity contribution >= 4 is 35.6 Å². The van der Waals surface area contributed by atoms with Gasteiger partial charge < -0.3 is 15.2 Å². The second-order valence-electron chi connectivity index (χ2n) is 5.70. The molecule has 3 aromatic carbocycles. The first-order valence-corrected chi connectivity index (χ1v) is 9.02. The standard InChI is InChI=1S/C21H19Cl2NO2.ClH/c22-18-8-6-16(12-19(18)23)17-7-9-20(25-11-10-24)21(13-17)26-14-15-4-2-1-3-5-15;/h1-9,12-13H,10-11,14,24H2;1H. The minimum Gasteiger partial charge on any atom is -0.488 e. The first kappa shape index (κ1) is 21.4. The maximum absolute atomic E-state index is 6.14. The number of halogens is 3. The first-order chi connectivity index (χ1) is 12.7. The third-order valence-electron chi connectivity index (χ3n) is 3.81. The van der Waals surface area contributed by atoms with Crippen LogP contribution in [0.4, 0.5) is 0 Å². The molecule has 0 spiro atoms. The van der Waals surface area contributed by atoms with E-state index >= 15 is 0 Å². The fourth-order valence-corrected chi connectivity index (χ4v) is 2.80. The molecule has 27 heavy (non-hydrogen) atoms. The highest BCUT2D eigenvalue weighted by atomic mass is 35.5. The van der Waals surface area contributed by atoms with Gasteiger partial charge >= 0.3 is 0 Å². The molecule has 0 unspecified atom stereocenters. The summed E-state index contributed by atoms with van der Waals surface area (Å²) in [6.07, 6.45) is 0. The molecule has 0 atom stereocenters. The molecule has 0 heterocycles. The summed E-state index contributed by atoms with van der Waals surface area (Å²) in [5.41, 5.74) is 8.55. The van der Waals surface area contributed by atoms with Gasteiger partial charge in [0.05, 0.1) is 10.0 Å². The summed E-state index contributed by atoms with van der Waals surface area (Å²) in [7, 11) is 0. The van der Waals surface area contributed by atoms with Crippen molar-refractivity contribution in [3.8, 4) is 22.6 Å². The van der Waals surface area contributed by atoms with Gasteiger partial charge in [-0.2, -0.15) is 0 Å². The summed E-state index contributed by atoms with van der Waals surface area (Å²) < 4.78 is 11.7. The van der Waals surface area contributed by atoms with Crippen LogP contribution in [0.15, 0.2) is 66.7 Å². The second kappa shape index (κ2) is 10.4. The molecule has 0 saturated heterocycles. The molecule has 3 aromatic rings. The van der Waals surface area contributed by atoms with Crippen molar-refractivity contribution < 1.29 is 9.47 Å². The number of ether oxygens (including phenoxy) is 2. The average molecular weight is 425 g/mol. The summed E-state index contributed by atoms with van der Waals surface area (Å²) in [6.45, 7) is 1.31. The fourth-order valence-electron chi connectivity index (χ4n) is 2.50. The highest BCUT2D eigenvalue weighted by Gasteiger charge is 2.10. The maximum atomic E-state index is 6.14. The molecule has 0 aliphatic carbocycles. The SMILES string of the molecule is Cl.NCCOc1ccc(-c2ccc(Cl)c(Cl)c2)cc1OCc1ccccc1. The van der Waals surface area contributed by atoms with Gasteiger partial charge in [0.1, 0.15) is 13.2 Å². The molecule has 0 bridgehead atoms.